The Morgan fingerprint density at radius 2 is 1.86 bits per heavy atom. The Bertz CT molecular complexity index is 822. The maximum atomic E-state index is 14.5. The molecule has 0 spiro atoms. The number of hydrogen-bond donors (Lipinski definition) is 1. The number of aliphatic imine (C=N–C) groups is 1. The van der Waals surface area contributed by atoms with Gasteiger partial charge in [-0.15, -0.1) is 0 Å². The van der Waals surface area contributed by atoms with Crippen molar-refractivity contribution in [2.24, 2.45) is 4.99 Å². The minimum atomic E-state index is -1.95. The van der Waals surface area contributed by atoms with Gasteiger partial charge in [-0.05, 0) is 19.8 Å². The molecule has 1 aromatic rings. The molecule has 7 nitrogen and oxygen atoms in total. The molecule has 10 heteroatoms. The van der Waals surface area contributed by atoms with Crippen LogP contribution in [0.5, 0.6) is 0 Å². The number of unbranched alkanes of at least 4 members (excludes halogenated alkanes) is 1. The number of aliphatic hydroxyl groups excluding tert-OH is 1. The average Bonchev–Trinajstić information content (AvgIpc) is 2.66. The number of halogens is 3. The zero-order chi connectivity index (χ0) is 21.4. The van der Waals surface area contributed by atoms with E-state index >= 15 is 0 Å². The van der Waals surface area contributed by atoms with Crippen LogP contribution in [0.1, 0.15) is 44.2 Å². The molecule has 0 aliphatic heterocycles. The fraction of sp³-hybridized carbons (Fsp3) is 0.444. The van der Waals surface area contributed by atoms with E-state index in [-0.39, 0.29) is 13.2 Å². The molecule has 154 valence electrons. The van der Waals surface area contributed by atoms with Gasteiger partial charge in [-0.3, -0.25) is 15.1 Å². The number of nitro benzene ring substituents is 1. The standard InChI is InChI=1S/C18H21F3N2O5/c1-4-6-7-22-9-11(18(25)28-8-5-2)17(24)12-13(19)10(3)14(20)15(21)16(12)23(26)27/h9,24H,4-8H2,1-3H3. The van der Waals surface area contributed by atoms with E-state index in [9.17, 15) is 33.2 Å². The first-order chi connectivity index (χ1) is 13.2. The summed E-state index contributed by atoms with van der Waals surface area (Å²) in [4.78, 5) is 25.9. The van der Waals surface area contributed by atoms with Gasteiger partial charge < -0.3 is 9.84 Å². The van der Waals surface area contributed by atoms with Crippen molar-refractivity contribution in [1.82, 2.24) is 0 Å². The highest BCUT2D eigenvalue weighted by molar-refractivity contribution is 6.15. The van der Waals surface area contributed by atoms with Gasteiger partial charge in [0.2, 0.25) is 5.82 Å². The lowest BCUT2D eigenvalue weighted by molar-refractivity contribution is -0.388. The maximum Gasteiger partial charge on any atom is 0.343 e. The molecule has 0 radical (unpaired) electrons. The van der Waals surface area contributed by atoms with Gasteiger partial charge in [-0.1, -0.05) is 20.3 Å². The second kappa shape index (κ2) is 10.4. The third-order valence-corrected chi connectivity index (χ3v) is 3.71. The van der Waals surface area contributed by atoms with Crippen molar-refractivity contribution in [3.05, 3.63) is 44.3 Å². The van der Waals surface area contributed by atoms with Gasteiger partial charge in [0.1, 0.15) is 22.7 Å². The quantitative estimate of drug-likeness (QED) is 0.0963. The predicted molar refractivity (Wildman–Crippen MR) is 96.8 cm³/mol. The zero-order valence-electron chi connectivity index (χ0n) is 15.7. The molecule has 1 aromatic carbocycles. The number of ether oxygens (including phenoxy) is 1. The molecule has 0 saturated heterocycles. The number of carbonyl (C=O) groups excluding carboxylic acids is 1. The number of nitro groups is 1. The number of esters is 1. The second-order valence-corrected chi connectivity index (χ2v) is 5.83. The average molecular weight is 402 g/mol. The third-order valence-electron chi connectivity index (χ3n) is 3.71. The highest BCUT2D eigenvalue weighted by Crippen LogP contribution is 2.35. The van der Waals surface area contributed by atoms with E-state index in [1.54, 1.807) is 6.92 Å². The Morgan fingerprint density at radius 3 is 2.39 bits per heavy atom. The summed E-state index contributed by atoms with van der Waals surface area (Å²) >= 11 is 0. The monoisotopic (exact) mass is 402 g/mol. The number of hydrogen-bond acceptors (Lipinski definition) is 6. The summed E-state index contributed by atoms with van der Waals surface area (Å²) in [5.41, 5.74) is -4.45. The first kappa shape index (κ1) is 23.1. The van der Waals surface area contributed by atoms with Crippen LogP contribution in [0.15, 0.2) is 10.6 Å². The normalized spacial score (nSPS) is 12.2. The van der Waals surface area contributed by atoms with Crippen molar-refractivity contribution in [2.75, 3.05) is 13.2 Å². The summed E-state index contributed by atoms with van der Waals surface area (Å²) in [7, 11) is 0. The minimum absolute atomic E-state index is 0.0419. The van der Waals surface area contributed by atoms with Crippen LogP contribution >= 0.6 is 0 Å². The van der Waals surface area contributed by atoms with Crippen LogP contribution in [0.2, 0.25) is 0 Å². The number of nitrogens with zero attached hydrogens (tertiary/aromatic N) is 2. The van der Waals surface area contributed by atoms with Gasteiger partial charge in [-0.2, -0.15) is 4.39 Å². The summed E-state index contributed by atoms with van der Waals surface area (Å²) in [5, 5.41) is 21.6. The molecular weight excluding hydrogens is 381 g/mol. The van der Waals surface area contributed by atoms with Crippen molar-refractivity contribution < 1.29 is 32.7 Å². The summed E-state index contributed by atoms with van der Waals surface area (Å²) in [6.45, 7) is 4.66. The van der Waals surface area contributed by atoms with E-state index in [1.807, 2.05) is 6.92 Å². The van der Waals surface area contributed by atoms with E-state index < -0.39 is 56.5 Å². The van der Waals surface area contributed by atoms with Gasteiger partial charge in [0, 0.05) is 18.3 Å². The molecule has 0 aliphatic rings. The Balaban J connectivity index is 3.72. The summed E-state index contributed by atoms with van der Waals surface area (Å²) in [6.07, 6.45) is 2.74. The molecule has 28 heavy (non-hydrogen) atoms. The van der Waals surface area contributed by atoms with Gasteiger partial charge in [0.15, 0.2) is 5.82 Å². The van der Waals surface area contributed by atoms with Crippen molar-refractivity contribution >= 4 is 23.6 Å². The molecule has 0 amide bonds. The molecule has 0 bridgehead atoms. The summed E-state index contributed by atoms with van der Waals surface area (Å²) in [6, 6.07) is 0. The van der Waals surface area contributed by atoms with Crippen LogP contribution in [0.25, 0.3) is 5.76 Å². The molecule has 0 aromatic heterocycles. The van der Waals surface area contributed by atoms with Crippen LogP contribution in [0, 0.1) is 34.5 Å². The first-order valence-corrected chi connectivity index (χ1v) is 8.60. The van der Waals surface area contributed by atoms with Crippen molar-refractivity contribution in [2.45, 2.75) is 40.0 Å². The highest BCUT2D eigenvalue weighted by atomic mass is 19.2. The number of aliphatic hydroxyl groups is 1. The molecule has 0 heterocycles. The molecule has 0 unspecified atom stereocenters. The fourth-order valence-corrected chi connectivity index (χ4v) is 2.18. The highest BCUT2D eigenvalue weighted by Gasteiger charge is 2.35. The van der Waals surface area contributed by atoms with E-state index in [2.05, 4.69) is 4.99 Å². The van der Waals surface area contributed by atoms with Crippen LogP contribution in [-0.2, 0) is 9.53 Å². The summed E-state index contributed by atoms with van der Waals surface area (Å²) < 4.78 is 47.2. The Morgan fingerprint density at radius 1 is 1.21 bits per heavy atom. The maximum absolute atomic E-state index is 14.5. The zero-order valence-corrected chi connectivity index (χ0v) is 15.7. The van der Waals surface area contributed by atoms with Gasteiger partial charge in [0.05, 0.1) is 11.5 Å². The third kappa shape index (κ3) is 5.08. The van der Waals surface area contributed by atoms with E-state index in [1.165, 1.54) is 0 Å². The Labute approximate surface area is 159 Å². The molecule has 0 saturated carbocycles. The van der Waals surface area contributed by atoms with Gasteiger partial charge in [0.25, 0.3) is 0 Å². The SMILES string of the molecule is CCCCN=CC(C(=O)OCCC)=C(O)c1c(F)c(C)c(F)c(F)c1[N+](=O)[O-]. The predicted octanol–water partition coefficient (Wildman–Crippen LogP) is 4.41. The van der Waals surface area contributed by atoms with Crippen molar-refractivity contribution in [3.8, 4) is 0 Å². The molecule has 0 fully saturated rings. The van der Waals surface area contributed by atoms with E-state index in [0.29, 0.717) is 12.8 Å². The lowest BCUT2D eigenvalue weighted by atomic mass is 10.0. The number of rotatable bonds is 9. The summed E-state index contributed by atoms with van der Waals surface area (Å²) in [5.74, 6) is -7.66. The molecule has 0 aliphatic carbocycles. The second-order valence-electron chi connectivity index (χ2n) is 5.83. The van der Waals surface area contributed by atoms with Crippen molar-refractivity contribution in [1.29, 1.82) is 0 Å². The lowest BCUT2D eigenvalue weighted by Gasteiger charge is -2.11. The van der Waals surface area contributed by atoms with Crippen LogP contribution < -0.4 is 0 Å². The smallest absolute Gasteiger partial charge is 0.343 e. The Kier molecular flexibility index (Phi) is 8.62. The fourth-order valence-electron chi connectivity index (χ4n) is 2.18. The number of carbonyl (C=O) groups is 1. The first-order valence-electron chi connectivity index (χ1n) is 8.60. The molecule has 0 atom stereocenters. The van der Waals surface area contributed by atoms with Crippen LogP contribution in [-0.4, -0.2) is 35.4 Å². The van der Waals surface area contributed by atoms with Crippen LogP contribution in [0.4, 0.5) is 18.9 Å². The Hall–Kier alpha value is -2.91. The minimum Gasteiger partial charge on any atom is -0.506 e. The molecule has 1 rings (SSSR count). The largest absolute Gasteiger partial charge is 0.506 e. The van der Waals surface area contributed by atoms with E-state index in [4.69, 9.17) is 4.74 Å². The van der Waals surface area contributed by atoms with E-state index in [0.717, 1.165) is 19.6 Å². The molecular formula is C18H21F3N2O5. The van der Waals surface area contributed by atoms with Gasteiger partial charge in [-0.25, -0.2) is 13.6 Å². The van der Waals surface area contributed by atoms with Crippen LogP contribution in [0.3, 0.4) is 0 Å². The van der Waals surface area contributed by atoms with Gasteiger partial charge >= 0.3 is 11.7 Å². The topological polar surface area (TPSA) is 102 Å². The lowest BCUT2D eigenvalue weighted by Crippen LogP contribution is -2.15. The number of benzene rings is 1. The molecule has 1 N–H and O–H groups in total. The van der Waals surface area contributed by atoms with Crippen molar-refractivity contribution in [3.63, 3.8) is 0 Å².